The van der Waals surface area contributed by atoms with E-state index in [0.29, 0.717) is 11.1 Å². The van der Waals surface area contributed by atoms with E-state index in [4.69, 9.17) is 5.73 Å². The topological polar surface area (TPSA) is 165 Å². The van der Waals surface area contributed by atoms with Crippen molar-refractivity contribution in [3.8, 4) is 16.9 Å². The third kappa shape index (κ3) is 4.07. The number of aryl methyl sites for hydroxylation is 2. The van der Waals surface area contributed by atoms with Gasteiger partial charge in [0, 0.05) is 42.9 Å². The van der Waals surface area contributed by atoms with Crippen LogP contribution in [-0.2, 0) is 20.8 Å². The van der Waals surface area contributed by atoms with Crippen LogP contribution in [0.4, 0.5) is 5.69 Å². The molecule has 2 saturated carbocycles. The van der Waals surface area contributed by atoms with Gasteiger partial charge in [-0.05, 0) is 63.9 Å². The van der Waals surface area contributed by atoms with Crippen molar-refractivity contribution in [2.75, 3.05) is 33.1 Å². The number of nitrogens with zero attached hydrogens (tertiary/aromatic N) is 2. The zero-order valence-electron chi connectivity index (χ0n) is 24.1. The molecule has 1 amide bonds. The van der Waals surface area contributed by atoms with Gasteiger partial charge in [-0.3, -0.25) is 14.4 Å². The highest BCUT2D eigenvalue weighted by atomic mass is 16.3. The number of carbonyl (C=O) groups excluding carboxylic acids is 3. The summed E-state index contributed by atoms with van der Waals surface area (Å²) in [6.07, 6.45) is -1.21. The minimum absolute atomic E-state index is 0.0741. The van der Waals surface area contributed by atoms with Crippen LogP contribution in [0.3, 0.4) is 0 Å². The van der Waals surface area contributed by atoms with Crippen LogP contribution < -0.4 is 10.6 Å². The average molecular weight is 564 g/mol. The maximum absolute atomic E-state index is 14.1. The van der Waals surface area contributed by atoms with Crippen LogP contribution in [0.5, 0.6) is 5.75 Å². The van der Waals surface area contributed by atoms with Crippen LogP contribution in [0.1, 0.15) is 28.7 Å². The molecule has 10 heteroatoms. The standard InChI is InChI=1S/C31H37N3O7/c1-13-7-14(2)9-15(8-13)17-12-20(33(3)4)18-10-16-11-19-24(34(5)6)27(37)23(30(32)40)29(39)31(19,41)28(38)21(16)26(36)22(18)25(17)35/h7-9,12,16,19,23-24,27,35-37,41H,10-11H2,1-6H3,(H2,32,40)/t16-,19-,23?,24-,27?,31-/m1/s1. The Labute approximate surface area is 238 Å². The molecule has 2 unspecified atom stereocenters. The van der Waals surface area contributed by atoms with E-state index < -0.39 is 58.7 Å². The number of aliphatic hydroxyl groups is 3. The molecule has 3 aliphatic rings. The summed E-state index contributed by atoms with van der Waals surface area (Å²) in [5.41, 5.74) is 7.21. The number of Topliss-reactive ketones (excluding diaryl/α,β-unsaturated/α-hetero) is 2. The normalized spacial score (nSPS) is 29.2. The Morgan fingerprint density at radius 2 is 1.63 bits per heavy atom. The van der Waals surface area contributed by atoms with Gasteiger partial charge < -0.3 is 36.0 Å². The second kappa shape index (κ2) is 9.68. The monoisotopic (exact) mass is 563 g/mol. The van der Waals surface area contributed by atoms with Crippen molar-refractivity contribution in [3.05, 3.63) is 52.1 Å². The Hall–Kier alpha value is -3.73. The molecule has 5 rings (SSSR count). The molecular weight excluding hydrogens is 526 g/mol. The second-order valence-corrected chi connectivity index (χ2v) is 12.2. The number of rotatable bonds is 4. The molecule has 0 spiro atoms. The van der Waals surface area contributed by atoms with Gasteiger partial charge >= 0.3 is 0 Å². The summed E-state index contributed by atoms with van der Waals surface area (Å²) in [7, 11) is 6.95. The van der Waals surface area contributed by atoms with Crippen molar-refractivity contribution in [2.24, 2.45) is 23.5 Å². The highest BCUT2D eigenvalue weighted by Crippen LogP contribution is 2.54. The molecule has 0 heterocycles. The number of likely N-dealkylation sites (N-methyl/N-ethyl adjacent to an activating group) is 1. The molecule has 6 N–H and O–H groups in total. The predicted octanol–water partition coefficient (Wildman–Crippen LogP) is 1.48. The summed E-state index contributed by atoms with van der Waals surface area (Å²) in [5, 5.41) is 46.1. The van der Waals surface area contributed by atoms with E-state index in [2.05, 4.69) is 0 Å². The van der Waals surface area contributed by atoms with Crippen LogP contribution in [-0.4, -0.2) is 88.7 Å². The lowest BCUT2D eigenvalue weighted by molar-refractivity contribution is -0.184. The van der Waals surface area contributed by atoms with Crippen LogP contribution in [0, 0.1) is 31.6 Å². The number of hydrogen-bond acceptors (Lipinski definition) is 9. The number of hydrogen-bond donors (Lipinski definition) is 5. The van der Waals surface area contributed by atoms with Crippen molar-refractivity contribution in [1.82, 2.24) is 4.90 Å². The molecule has 0 radical (unpaired) electrons. The average Bonchev–Trinajstić information content (AvgIpc) is 2.85. The molecule has 0 aliphatic heterocycles. The first-order valence-electron chi connectivity index (χ1n) is 13.6. The minimum atomic E-state index is -2.68. The number of phenols is 1. The second-order valence-electron chi connectivity index (χ2n) is 12.2. The maximum Gasteiger partial charge on any atom is 0.230 e. The van der Waals surface area contributed by atoms with Crippen molar-refractivity contribution >= 4 is 28.9 Å². The van der Waals surface area contributed by atoms with Gasteiger partial charge in [-0.2, -0.15) is 0 Å². The maximum atomic E-state index is 14.1. The summed E-state index contributed by atoms with van der Waals surface area (Å²) in [6, 6.07) is 6.76. The van der Waals surface area contributed by atoms with Gasteiger partial charge in [0.2, 0.25) is 11.7 Å². The number of primary amides is 1. The third-order valence-electron chi connectivity index (χ3n) is 9.08. The van der Waals surface area contributed by atoms with E-state index in [1.807, 2.05) is 57.1 Å². The van der Waals surface area contributed by atoms with Gasteiger partial charge in [0.25, 0.3) is 0 Å². The number of carbonyl (C=O) groups is 3. The van der Waals surface area contributed by atoms with E-state index >= 15 is 0 Å². The number of anilines is 1. The number of fused-ring (bicyclic) bond motifs is 3. The van der Waals surface area contributed by atoms with Crippen molar-refractivity contribution < 1.29 is 34.8 Å². The zero-order chi connectivity index (χ0) is 30.3. The van der Waals surface area contributed by atoms with Gasteiger partial charge in [0.05, 0.1) is 11.7 Å². The van der Waals surface area contributed by atoms with Gasteiger partial charge in [-0.1, -0.05) is 29.3 Å². The third-order valence-corrected chi connectivity index (χ3v) is 9.08. The first kappa shape index (κ1) is 28.8. The SMILES string of the molecule is Cc1cc(C)cc(-c2cc(N(C)C)c3c(c2O)C(O)=C2C(=O)[C@@]4(O)C(=O)C(C(N)=O)C(O)[C@H](N(C)C)[C@H]4C[C@H]2C3)c1. The molecule has 2 aromatic rings. The lowest BCUT2D eigenvalue weighted by Crippen LogP contribution is -2.73. The molecular formula is C31H37N3O7. The summed E-state index contributed by atoms with van der Waals surface area (Å²) >= 11 is 0. The fourth-order valence-corrected chi connectivity index (χ4v) is 7.40. The van der Waals surface area contributed by atoms with Crippen LogP contribution >= 0.6 is 0 Å². The molecule has 6 atom stereocenters. The molecule has 2 fully saturated rings. The van der Waals surface area contributed by atoms with Crippen LogP contribution in [0.2, 0.25) is 0 Å². The lowest BCUT2D eigenvalue weighted by Gasteiger charge is -2.53. The Morgan fingerprint density at radius 1 is 1.02 bits per heavy atom. The first-order chi connectivity index (χ1) is 19.1. The van der Waals surface area contributed by atoms with Gasteiger partial charge in [0.15, 0.2) is 11.4 Å². The zero-order valence-corrected chi connectivity index (χ0v) is 24.1. The fraction of sp³-hybridized carbons (Fsp3) is 0.452. The van der Waals surface area contributed by atoms with Gasteiger partial charge in [-0.15, -0.1) is 0 Å². The Balaban J connectivity index is 1.75. The smallest absolute Gasteiger partial charge is 0.230 e. The molecule has 0 aromatic heterocycles. The molecule has 10 nitrogen and oxygen atoms in total. The van der Waals surface area contributed by atoms with E-state index in [-0.39, 0.29) is 29.7 Å². The van der Waals surface area contributed by atoms with Gasteiger partial charge in [0.1, 0.15) is 17.4 Å². The molecule has 2 aromatic carbocycles. The molecule has 0 saturated heterocycles. The van der Waals surface area contributed by atoms with Crippen molar-refractivity contribution in [1.29, 1.82) is 0 Å². The fourth-order valence-electron chi connectivity index (χ4n) is 7.40. The highest BCUT2D eigenvalue weighted by molar-refractivity contribution is 6.25. The Morgan fingerprint density at radius 3 is 2.17 bits per heavy atom. The van der Waals surface area contributed by atoms with E-state index in [9.17, 15) is 34.8 Å². The lowest BCUT2D eigenvalue weighted by atomic mass is 9.54. The summed E-state index contributed by atoms with van der Waals surface area (Å²) < 4.78 is 0. The number of nitrogens with two attached hydrogens (primary N) is 1. The number of aromatic hydroxyl groups is 1. The number of aliphatic hydroxyl groups excluding tert-OH is 2. The molecule has 3 aliphatic carbocycles. The van der Waals surface area contributed by atoms with Crippen molar-refractivity contribution in [2.45, 2.75) is 44.4 Å². The summed E-state index contributed by atoms with van der Waals surface area (Å²) in [5.74, 6) is -7.53. The van der Waals surface area contributed by atoms with Crippen LogP contribution in [0.25, 0.3) is 16.9 Å². The highest BCUT2D eigenvalue weighted by Gasteiger charge is 2.67. The Kier molecular flexibility index (Phi) is 6.80. The van der Waals surface area contributed by atoms with E-state index in [1.165, 1.54) is 0 Å². The Bertz CT molecular complexity index is 1510. The molecule has 0 bridgehead atoms. The number of amides is 1. The van der Waals surface area contributed by atoms with Crippen LogP contribution in [0.15, 0.2) is 29.8 Å². The quantitative estimate of drug-likeness (QED) is 0.347. The molecule has 218 valence electrons. The number of phenolic OH excluding ortho intramolecular Hbond substituents is 1. The van der Waals surface area contributed by atoms with E-state index in [0.717, 1.165) is 22.4 Å². The minimum Gasteiger partial charge on any atom is -0.507 e. The van der Waals surface area contributed by atoms with E-state index in [1.54, 1.807) is 19.0 Å². The largest absolute Gasteiger partial charge is 0.507 e. The van der Waals surface area contributed by atoms with Crippen molar-refractivity contribution in [3.63, 3.8) is 0 Å². The summed E-state index contributed by atoms with van der Waals surface area (Å²) in [4.78, 5) is 43.4. The number of benzene rings is 2. The van der Waals surface area contributed by atoms with Gasteiger partial charge in [-0.25, -0.2) is 0 Å². The first-order valence-corrected chi connectivity index (χ1v) is 13.6. The molecule has 41 heavy (non-hydrogen) atoms. The number of ketones is 2. The summed E-state index contributed by atoms with van der Waals surface area (Å²) in [6.45, 7) is 3.89. The predicted molar refractivity (Wildman–Crippen MR) is 153 cm³/mol.